The van der Waals surface area contributed by atoms with E-state index in [4.69, 9.17) is 9.78 Å². The van der Waals surface area contributed by atoms with Crippen molar-refractivity contribution in [1.82, 2.24) is 0 Å². The second-order valence-electron chi connectivity index (χ2n) is 11.6. The van der Waals surface area contributed by atoms with Gasteiger partial charge in [0, 0.05) is 17.8 Å². The largest absolute Gasteiger partial charge is 0.393 e. The standard InChI is InChI=1S/C27H40O3/c1-6-18(2)7-8-19(3)21-9-10-22-24(21,4)13-12-23-25(5)14-11-20(28)17-26(25)15-16-27(22,23)30-29-26/h7-8,12,15-16,18-22,28H,6,9-11,13-14,17H2,1-5H3/b8-7+/t18-,19+,20-,21-,22-,24+,25+,26+,27-/m0/s1. The van der Waals surface area contributed by atoms with Gasteiger partial charge in [0.05, 0.1) is 6.10 Å². The number of aliphatic hydroxyl groups is 1. The first-order valence-electron chi connectivity index (χ1n) is 12.4. The van der Waals surface area contributed by atoms with Crippen LogP contribution in [0.25, 0.3) is 0 Å². The topological polar surface area (TPSA) is 38.7 Å². The molecule has 2 spiro atoms. The van der Waals surface area contributed by atoms with E-state index in [0.29, 0.717) is 30.1 Å². The van der Waals surface area contributed by atoms with Gasteiger partial charge in [0.2, 0.25) is 0 Å². The van der Waals surface area contributed by atoms with Crippen LogP contribution in [-0.4, -0.2) is 22.4 Å². The Balaban J connectivity index is 1.50. The van der Waals surface area contributed by atoms with Crippen LogP contribution in [0.1, 0.15) is 79.6 Å². The summed E-state index contributed by atoms with van der Waals surface area (Å²) in [6, 6.07) is 0. The first-order chi connectivity index (χ1) is 14.2. The number of fused-ring (bicyclic) bond motifs is 2. The molecule has 3 nitrogen and oxygen atoms in total. The normalized spacial score (nSPS) is 51.3. The van der Waals surface area contributed by atoms with Crippen molar-refractivity contribution in [2.45, 2.75) is 96.9 Å². The first kappa shape index (κ1) is 21.0. The summed E-state index contributed by atoms with van der Waals surface area (Å²) in [5.74, 6) is 2.35. The molecule has 4 aliphatic carbocycles. The monoisotopic (exact) mass is 412 g/mol. The van der Waals surface area contributed by atoms with Gasteiger partial charge in [-0.15, -0.1) is 0 Å². The Morgan fingerprint density at radius 1 is 1.13 bits per heavy atom. The van der Waals surface area contributed by atoms with Gasteiger partial charge in [-0.3, -0.25) is 0 Å². The molecule has 6 aliphatic rings. The molecule has 0 amide bonds. The summed E-state index contributed by atoms with van der Waals surface area (Å²) in [5.41, 5.74) is 0.678. The fourth-order valence-corrected chi connectivity index (χ4v) is 7.94. The van der Waals surface area contributed by atoms with E-state index in [1.54, 1.807) is 0 Å². The molecule has 9 atom stereocenters. The zero-order valence-electron chi connectivity index (χ0n) is 19.5. The molecule has 0 unspecified atom stereocenters. The minimum Gasteiger partial charge on any atom is -0.393 e. The Labute approximate surface area is 182 Å². The Bertz CT molecular complexity index is 798. The first-order valence-corrected chi connectivity index (χ1v) is 12.4. The van der Waals surface area contributed by atoms with Gasteiger partial charge in [0.25, 0.3) is 0 Å². The molecular weight excluding hydrogens is 372 g/mol. The van der Waals surface area contributed by atoms with Crippen LogP contribution in [0, 0.1) is 34.5 Å². The van der Waals surface area contributed by atoms with Crippen molar-refractivity contribution in [3.63, 3.8) is 0 Å². The lowest BCUT2D eigenvalue weighted by Gasteiger charge is -2.66. The summed E-state index contributed by atoms with van der Waals surface area (Å²) in [6.07, 6.45) is 19.0. The van der Waals surface area contributed by atoms with Crippen LogP contribution in [0.4, 0.5) is 0 Å². The number of rotatable bonds is 4. The van der Waals surface area contributed by atoms with Gasteiger partial charge in [0.15, 0.2) is 0 Å². The van der Waals surface area contributed by atoms with E-state index >= 15 is 0 Å². The van der Waals surface area contributed by atoms with Crippen LogP contribution in [0.15, 0.2) is 36.0 Å². The molecule has 30 heavy (non-hydrogen) atoms. The molecule has 3 heteroatoms. The highest BCUT2D eigenvalue weighted by atomic mass is 17.2. The molecule has 2 saturated carbocycles. The van der Waals surface area contributed by atoms with E-state index in [2.05, 4.69) is 65.0 Å². The number of hydrogen-bond donors (Lipinski definition) is 1. The van der Waals surface area contributed by atoms with Crippen LogP contribution in [0.5, 0.6) is 0 Å². The molecule has 2 aliphatic heterocycles. The molecule has 0 radical (unpaired) electrons. The van der Waals surface area contributed by atoms with Gasteiger partial charge >= 0.3 is 0 Å². The van der Waals surface area contributed by atoms with Crippen molar-refractivity contribution in [3.05, 3.63) is 36.0 Å². The minimum atomic E-state index is -0.504. The van der Waals surface area contributed by atoms with E-state index in [1.807, 2.05) is 0 Å². The summed E-state index contributed by atoms with van der Waals surface area (Å²) in [5, 5.41) is 10.4. The van der Waals surface area contributed by atoms with Crippen LogP contribution >= 0.6 is 0 Å². The van der Waals surface area contributed by atoms with Crippen LogP contribution < -0.4 is 0 Å². The fourth-order valence-electron chi connectivity index (χ4n) is 7.94. The maximum Gasteiger partial charge on any atom is 0.147 e. The van der Waals surface area contributed by atoms with E-state index in [0.717, 1.165) is 19.3 Å². The average Bonchev–Trinajstić information content (AvgIpc) is 3.09. The third kappa shape index (κ3) is 2.55. The van der Waals surface area contributed by atoms with E-state index in [1.165, 1.54) is 24.8 Å². The minimum absolute atomic E-state index is 0.0687. The van der Waals surface area contributed by atoms with Gasteiger partial charge in [-0.2, -0.15) is 0 Å². The number of aliphatic hydroxyl groups excluding tert-OH is 1. The van der Waals surface area contributed by atoms with Gasteiger partial charge in [-0.1, -0.05) is 59.3 Å². The highest BCUT2D eigenvalue weighted by Crippen LogP contribution is 2.71. The molecule has 2 heterocycles. The second kappa shape index (κ2) is 6.80. The number of allylic oxidation sites excluding steroid dienone is 3. The van der Waals surface area contributed by atoms with Gasteiger partial charge in [-0.05, 0) is 73.0 Å². The van der Waals surface area contributed by atoms with E-state index < -0.39 is 11.2 Å². The van der Waals surface area contributed by atoms with Gasteiger partial charge < -0.3 is 5.11 Å². The Morgan fingerprint density at radius 3 is 2.63 bits per heavy atom. The predicted octanol–water partition coefficient (Wildman–Crippen LogP) is 6.15. The van der Waals surface area contributed by atoms with Gasteiger partial charge in [-0.25, -0.2) is 9.78 Å². The zero-order valence-corrected chi connectivity index (χ0v) is 19.5. The smallest absolute Gasteiger partial charge is 0.147 e. The van der Waals surface area contributed by atoms with Crippen LogP contribution in [0.3, 0.4) is 0 Å². The molecule has 0 aromatic rings. The summed E-state index contributed by atoms with van der Waals surface area (Å²) in [4.78, 5) is 12.6. The summed E-state index contributed by atoms with van der Waals surface area (Å²) < 4.78 is 0. The van der Waals surface area contributed by atoms with E-state index in [-0.39, 0.29) is 16.9 Å². The molecule has 2 bridgehead atoms. The average molecular weight is 413 g/mol. The van der Waals surface area contributed by atoms with Crippen LogP contribution in [0.2, 0.25) is 0 Å². The molecular formula is C27H40O3. The molecule has 0 aromatic heterocycles. The van der Waals surface area contributed by atoms with Crippen LogP contribution in [-0.2, 0) is 9.78 Å². The Kier molecular flexibility index (Phi) is 4.75. The summed E-state index contributed by atoms with van der Waals surface area (Å²) >= 11 is 0. The van der Waals surface area contributed by atoms with E-state index in [9.17, 15) is 5.11 Å². The van der Waals surface area contributed by atoms with Crippen molar-refractivity contribution in [3.8, 4) is 0 Å². The van der Waals surface area contributed by atoms with Crippen molar-refractivity contribution in [2.24, 2.45) is 34.5 Å². The molecule has 6 rings (SSSR count). The SMILES string of the molecule is CC[C@H](C)/C=C/[C@@H](C)[C@@H]1CC[C@H]2[C@]1(C)CC=C1[C@]23C=C[C@]2(C[C@@H](O)CC[C@]12C)OO3. The Hall–Kier alpha value is -0.900. The quantitative estimate of drug-likeness (QED) is 0.445. The highest BCUT2D eigenvalue weighted by molar-refractivity contribution is 5.48. The number of hydrogen-bond acceptors (Lipinski definition) is 3. The predicted molar refractivity (Wildman–Crippen MR) is 120 cm³/mol. The summed E-state index contributed by atoms with van der Waals surface area (Å²) in [7, 11) is 0. The van der Waals surface area contributed by atoms with Crippen molar-refractivity contribution >= 4 is 0 Å². The lowest BCUT2D eigenvalue weighted by Crippen LogP contribution is -2.69. The maximum absolute atomic E-state index is 10.4. The second-order valence-corrected chi connectivity index (χ2v) is 11.6. The van der Waals surface area contributed by atoms with Crippen molar-refractivity contribution in [2.75, 3.05) is 0 Å². The zero-order chi connectivity index (χ0) is 21.4. The third-order valence-electron chi connectivity index (χ3n) is 10.1. The van der Waals surface area contributed by atoms with Crippen molar-refractivity contribution in [1.29, 1.82) is 0 Å². The fraction of sp³-hybridized carbons (Fsp3) is 0.778. The van der Waals surface area contributed by atoms with Gasteiger partial charge in [0.1, 0.15) is 11.2 Å². The summed E-state index contributed by atoms with van der Waals surface area (Å²) in [6.45, 7) is 11.9. The third-order valence-corrected chi connectivity index (χ3v) is 10.1. The lowest BCUT2D eigenvalue weighted by atomic mass is 9.47. The molecule has 1 N–H and O–H groups in total. The molecule has 0 aromatic carbocycles. The van der Waals surface area contributed by atoms with Crippen molar-refractivity contribution < 1.29 is 14.9 Å². The Morgan fingerprint density at radius 2 is 1.93 bits per heavy atom. The molecule has 166 valence electrons. The molecule has 3 fully saturated rings. The highest BCUT2D eigenvalue weighted by Gasteiger charge is 2.71. The maximum atomic E-state index is 10.4. The molecule has 1 saturated heterocycles. The lowest BCUT2D eigenvalue weighted by molar-refractivity contribution is -0.455.